The van der Waals surface area contributed by atoms with E-state index < -0.39 is 10.8 Å². The predicted octanol–water partition coefficient (Wildman–Crippen LogP) is 15.8. The summed E-state index contributed by atoms with van der Waals surface area (Å²) >= 11 is 0. The molecule has 0 radical (unpaired) electrons. The van der Waals surface area contributed by atoms with Crippen molar-refractivity contribution in [3.05, 3.63) is 281 Å². The van der Waals surface area contributed by atoms with Gasteiger partial charge in [-0.15, -0.1) is 0 Å². The molecule has 2 nitrogen and oxygen atoms in total. The van der Waals surface area contributed by atoms with E-state index in [2.05, 4.69) is 235 Å². The van der Waals surface area contributed by atoms with Crippen molar-refractivity contribution in [1.29, 1.82) is 0 Å². The molecule has 0 aliphatic heterocycles. The highest BCUT2D eigenvalue weighted by molar-refractivity contribution is 6.08. The van der Waals surface area contributed by atoms with Crippen LogP contribution in [0.5, 0.6) is 0 Å². The summed E-state index contributed by atoms with van der Waals surface area (Å²) in [6.45, 7) is 0. The molecule has 1 spiro atoms. The molecule has 2 heteroatoms. The number of fused-ring (bicyclic) bond motifs is 16. The van der Waals surface area contributed by atoms with Crippen molar-refractivity contribution in [3.8, 4) is 33.4 Å². The lowest BCUT2D eigenvalue weighted by Crippen LogP contribution is -2.28. The molecule has 0 saturated carbocycles. The fourth-order valence-electron chi connectivity index (χ4n) is 12.2. The van der Waals surface area contributed by atoms with Crippen LogP contribution in [0, 0.1) is 0 Å². The standard InChI is InChI=1S/C62H39NO/c1-3-18-40(19-4-1)61(41-20-5-2-6-21-41)51-27-12-9-24-46(51)49-38-42(34-36-55(49)61)63(43-35-37-59-50(39-43)47-25-11-16-33-58(47)64-59)57-32-17-31-56-60(57)48-26-10-15-30-54(48)62(56)52-28-13-7-22-44(52)45-23-8-14-29-53(45)62/h1-39H. The molecule has 0 N–H and O–H groups in total. The quantitative estimate of drug-likeness (QED) is 0.172. The van der Waals surface area contributed by atoms with Gasteiger partial charge >= 0.3 is 0 Å². The van der Waals surface area contributed by atoms with Gasteiger partial charge in [0.1, 0.15) is 11.2 Å². The minimum absolute atomic E-state index is 0.465. The Bertz CT molecular complexity index is 3610. The Morgan fingerprint density at radius 2 is 0.766 bits per heavy atom. The van der Waals surface area contributed by atoms with Crippen molar-refractivity contribution in [3.63, 3.8) is 0 Å². The van der Waals surface area contributed by atoms with Gasteiger partial charge in [0, 0.05) is 27.7 Å². The van der Waals surface area contributed by atoms with E-state index in [9.17, 15) is 0 Å². The van der Waals surface area contributed by atoms with Gasteiger partial charge in [-0.05, 0) is 115 Å². The van der Waals surface area contributed by atoms with Crippen molar-refractivity contribution in [2.45, 2.75) is 10.8 Å². The molecule has 1 aromatic heterocycles. The molecular weight excluding hydrogens is 775 g/mol. The fourth-order valence-corrected chi connectivity index (χ4v) is 12.2. The molecule has 11 aromatic rings. The second-order valence-electron chi connectivity index (χ2n) is 17.5. The van der Waals surface area contributed by atoms with Crippen LogP contribution in [0.15, 0.2) is 241 Å². The molecule has 10 aromatic carbocycles. The first kappa shape index (κ1) is 35.4. The molecule has 0 amide bonds. The summed E-state index contributed by atoms with van der Waals surface area (Å²) in [7, 11) is 0. The minimum atomic E-state index is -0.491. The average molecular weight is 814 g/mol. The smallest absolute Gasteiger partial charge is 0.135 e. The van der Waals surface area contributed by atoms with Crippen LogP contribution < -0.4 is 4.90 Å². The fraction of sp³-hybridized carbons (Fsp3) is 0.0323. The predicted molar refractivity (Wildman–Crippen MR) is 262 cm³/mol. The van der Waals surface area contributed by atoms with Gasteiger partial charge in [0.2, 0.25) is 0 Å². The number of para-hydroxylation sites is 1. The van der Waals surface area contributed by atoms with E-state index >= 15 is 0 Å². The first-order valence-electron chi connectivity index (χ1n) is 22.3. The lowest BCUT2D eigenvalue weighted by Gasteiger charge is -2.34. The zero-order valence-corrected chi connectivity index (χ0v) is 34.9. The molecule has 0 saturated heterocycles. The second-order valence-corrected chi connectivity index (χ2v) is 17.5. The van der Waals surface area contributed by atoms with E-state index in [-0.39, 0.29) is 0 Å². The first-order valence-corrected chi connectivity index (χ1v) is 22.3. The number of furan rings is 1. The topological polar surface area (TPSA) is 16.4 Å². The zero-order chi connectivity index (χ0) is 42.0. The van der Waals surface area contributed by atoms with Gasteiger partial charge in [-0.25, -0.2) is 0 Å². The summed E-state index contributed by atoms with van der Waals surface area (Å²) in [4.78, 5) is 2.51. The average Bonchev–Trinajstić information content (AvgIpc) is 4.07. The van der Waals surface area contributed by atoms with Gasteiger partial charge in [-0.3, -0.25) is 0 Å². The maximum Gasteiger partial charge on any atom is 0.135 e. The van der Waals surface area contributed by atoms with Crippen LogP contribution in [-0.4, -0.2) is 0 Å². The molecule has 298 valence electrons. The number of nitrogens with zero attached hydrogens (tertiary/aromatic N) is 1. The van der Waals surface area contributed by atoms with Gasteiger partial charge in [-0.1, -0.05) is 194 Å². The molecule has 14 rings (SSSR count). The van der Waals surface area contributed by atoms with Crippen LogP contribution in [0.2, 0.25) is 0 Å². The summed E-state index contributed by atoms with van der Waals surface area (Å²) in [6.07, 6.45) is 0. The molecule has 1 heterocycles. The highest BCUT2D eigenvalue weighted by atomic mass is 16.3. The Morgan fingerprint density at radius 1 is 0.297 bits per heavy atom. The minimum Gasteiger partial charge on any atom is -0.456 e. The van der Waals surface area contributed by atoms with Crippen LogP contribution in [-0.2, 0) is 10.8 Å². The van der Waals surface area contributed by atoms with Crippen molar-refractivity contribution in [1.82, 2.24) is 0 Å². The lowest BCUT2D eigenvalue weighted by atomic mass is 9.68. The van der Waals surface area contributed by atoms with E-state index in [0.29, 0.717) is 0 Å². The van der Waals surface area contributed by atoms with Gasteiger partial charge in [0.15, 0.2) is 0 Å². The first-order chi connectivity index (χ1) is 31.8. The number of hydrogen-bond acceptors (Lipinski definition) is 2. The van der Waals surface area contributed by atoms with Crippen molar-refractivity contribution >= 4 is 39.0 Å². The third-order valence-corrected chi connectivity index (χ3v) is 14.6. The maximum atomic E-state index is 6.44. The normalized spacial score (nSPS) is 14.2. The SMILES string of the molecule is c1ccc(C2(c3ccccc3)c3ccccc3-c3cc(N(c4ccc5oc6ccccc6c5c4)c4cccc5c4-c4ccccc4C54c5ccccc5-c5ccccc54)ccc32)cc1. The molecule has 3 aliphatic rings. The summed E-state index contributed by atoms with van der Waals surface area (Å²) < 4.78 is 6.44. The summed E-state index contributed by atoms with van der Waals surface area (Å²) in [5, 5.41) is 2.21. The van der Waals surface area contributed by atoms with Gasteiger partial charge in [0.05, 0.1) is 16.5 Å². The Morgan fingerprint density at radius 3 is 1.44 bits per heavy atom. The number of hydrogen-bond donors (Lipinski definition) is 0. The van der Waals surface area contributed by atoms with E-state index in [1.807, 2.05) is 6.07 Å². The van der Waals surface area contributed by atoms with E-state index in [0.717, 1.165) is 39.0 Å². The Hall–Kier alpha value is -8.20. The van der Waals surface area contributed by atoms with Crippen molar-refractivity contribution < 1.29 is 4.42 Å². The highest BCUT2D eigenvalue weighted by Gasteiger charge is 2.52. The van der Waals surface area contributed by atoms with E-state index in [1.165, 1.54) is 77.9 Å². The summed E-state index contributed by atoms with van der Waals surface area (Å²) in [6, 6.07) is 87.7. The Labute approximate surface area is 372 Å². The Kier molecular flexibility index (Phi) is 7.28. The van der Waals surface area contributed by atoms with Crippen molar-refractivity contribution in [2.75, 3.05) is 4.90 Å². The van der Waals surface area contributed by atoms with E-state index in [4.69, 9.17) is 4.42 Å². The molecule has 64 heavy (non-hydrogen) atoms. The van der Waals surface area contributed by atoms with Gasteiger partial charge in [-0.2, -0.15) is 0 Å². The van der Waals surface area contributed by atoms with Crippen LogP contribution in [0.25, 0.3) is 55.3 Å². The summed E-state index contributed by atoms with van der Waals surface area (Å²) in [5.74, 6) is 0. The lowest BCUT2D eigenvalue weighted by molar-refractivity contribution is 0.669. The highest BCUT2D eigenvalue weighted by Crippen LogP contribution is 2.65. The van der Waals surface area contributed by atoms with Crippen LogP contribution in [0.3, 0.4) is 0 Å². The zero-order valence-electron chi connectivity index (χ0n) is 34.9. The van der Waals surface area contributed by atoms with Gasteiger partial charge < -0.3 is 9.32 Å². The summed E-state index contributed by atoms with van der Waals surface area (Å²) in [5.41, 5.74) is 22.1. The molecule has 0 unspecified atom stereocenters. The van der Waals surface area contributed by atoms with Gasteiger partial charge in [0.25, 0.3) is 0 Å². The molecule has 0 fully saturated rings. The van der Waals surface area contributed by atoms with Crippen LogP contribution in [0.4, 0.5) is 17.1 Å². The van der Waals surface area contributed by atoms with E-state index in [1.54, 1.807) is 0 Å². The number of rotatable bonds is 5. The monoisotopic (exact) mass is 813 g/mol. The van der Waals surface area contributed by atoms with Crippen LogP contribution >= 0.6 is 0 Å². The molecule has 3 aliphatic carbocycles. The molecule has 0 bridgehead atoms. The van der Waals surface area contributed by atoms with Crippen LogP contribution in [0.1, 0.15) is 44.5 Å². The third kappa shape index (κ3) is 4.49. The maximum absolute atomic E-state index is 6.44. The second kappa shape index (κ2) is 13.2. The molecular formula is C62H39NO. The number of benzene rings is 10. The van der Waals surface area contributed by atoms with Crippen molar-refractivity contribution in [2.24, 2.45) is 0 Å². The largest absolute Gasteiger partial charge is 0.456 e. The number of anilines is 3. The Balaban J connectivity index is 1.07. The third-order valence-electron chi connectivity index (χ3n) is 14.6. The molecule has 0 atom stereocenters.